The van der Waals surface area contributed by atoms with E-state index in [1.807, 2.05) is 12.4 Å². The standard InChI is InChI=1S/C25H27N5OS/c31-15-14-29-10-12-30(13-11-29)22-3-1-2-21(17-22)28-25-27-18-23(32-25)6-4-19-5-7-24-20(16-19)8-9-26-24/h1-9,16-18,26,31H,10-15H2,(H,27,28). The third kappa shape index (κ3) is 4.85. The van der Waals surface area contributed by atoms with Crippen molar-refractivity contribution in [2.75, 3.05) is 49.5 Å². The number of rotatable bonds is 7. The predicted octanol–water partition coefficient (Wildman–Crippen LogP) is 4.65. The Labute approximate surface area is 191 Å². The number of β-amino-alcohol motifs (C(OH)–C–C–N with tert-alkyl or cyclic N) is 1. The second-order valence-corrected chi connectivity index (χ2v) is 9.02. The number of anilines is 3. The third-order valence-electron chi connectivity index (χ3n) is 5.79. The summed E-state index contributed by atoms with van der Waals surface area (Å²) in [6.07, 6.45) is 8.10. The lowest BCUT2D eigenvalue weighted by molar-refractivity contribution is 0.189. The van der Waals surface area contributed by atoms with Crippen molar-refractivity contribution in [1.82, 2.24) is 14.9 Å². The minimum atomic E-state index is 0.229. The molecule has 0 unspecified atom stereocenters. The first-order valence-electron chi connectivity index (χ1n) is 10.9. The Bertz CT molecular complexity index is 1210. The molecule has 3 N–H and O–H groups in total. The van der Waals surface area contributed by atoms with Crippen LogP contribution >= 0.6 is 11.3 Å². The summed E-state index contributed by atoms with van der Waals surface area (Å²) in [6, 6.07) is 17.0. The highest BCUT2D eigenvalue weighted by molar-refractivity contribution is 7.16. The molecule has 5 rings (SSSR count). The summed E-state index contributed by atoms with van der Waals surface area (Å²) in [4.78, 5) is 13.6. The van der Waals surface area contributed by atoms with Gasteiger partial charge in [-0.15, -0.1) is 0 Å². The summed E-state index contributed by atoms with van der Waals surface area (Å²) in [5, 5.41) is 14.7. The summed E-state index contributed by atoms with van der Waals surface area (Å²) in [7, 11) is 0. The number of hydrogen-bond donors (Lipinski definition) is 3. The van der Waals surface area contributed by atoms with Gasteiger partial charge in [0.2, 0.25) is 0 Å². The molecule has 6 nitrogen and oxygen atoms in total. The largest absolute Gasteiger partial charge is 0.395 e. The molecule has 1 saturated heterocycles. The number of aliphatic hydroxyl groups is 1. The van der Waals surface area contributed by atoms with Crippen LogP contribution in [0.3, 0.4) is 0 Å². The highest BCUT2D eigenvalue weighted by Crippen LogP contribution is 2.27. The topological polar surface area (TPSA) is 67.4 Å². The predicted molar refractivity (Wildman–Crippen MR) is 135 cm³/mol. The molecule has 0 atom stereocenters. The lowest BCUT2D eigenvalue weighted by Gasteiger charge is -2.35. The minimum Gasteiger partial charge on any atom is -0.395 e. The van der Waals surface area contributed by atoms with Crippen molar-refractivity contribution in [2.45, 2.75) is 0 Å². The molecule has 1 aliphatic rings. The number of fused-ring (bicyclic) bond motifs is 1. The van der Waals surface area contributed by atoms with Crippen LogP contribution in [-0.2, 0) is 0 Å². The average molecular weight is 446 g/mol. The quantitative estimate of drug-likeness (QED) is 0.386. The molecule has 164 valence electrons. The van der Waals surface area contributed by atoms with E-state index in [1.165, 1.54) is 16.6 Å². The number of aliphatic hydroxyl groups excluding tert-OH is 1. The van der Waals surface area contributed by atoms with Crippen molar-refractivity contribution >= 4 is 50.9 Å². The molecule has 0 radical (unpaired) electrons. The number of hydrogen-bond acceptors (Lipinski definition) is 6. The molecule has 0 saturated carbocycles. The highest BCUT2D eigenvalue weighted by atomic mass is 32.1. The van der Waals surface area contributed by atoms with Crippen LogP contribution in [0.4, 0.5) is 16.5 Å². The van der Waals surface area contributed by atoms with Crippen LogP contribution in [0.1, 0.15) is 10.4 Å². The fourth-order valence-electron chi connectivity index (χ4n) is 4.05. The van der Waals surface area contributed by atoms with E-state index >= 15 is 0 Å². The number of H-pyrrole nitrogens is 1. The molecule has 3 heterocycles. The van der Waals surface area contributed by atoms with Gasteiger partial charge in [0.25, 0.3) is 0 Å². The highest BCUT2D eigenvalue weighted by Gasteiger charge is 2.16. The summed E-state index contributed by atoms with van der Waals surface area (Å²) >= 11 is 1.64. The van der Waals surface area contributed by atoms with Crippen molar-refractivity contribution in [3.63, 3.8) is 0 Å². The molecule has 0 aliphatic carbocycles. The number of nitrogens with zero attached hydrogens (tertiary/aromatic N) is 3. The molecule has 0 spiro atoms. The van der Waals surface area contributed by atoms with E-state index in [1.54, 1.807) is 11.3 Å². The van der Waals surface area contributed by atoms with E-state index in [2.05, 4.69) is 85.8 Å². The van der Waals surface area contributed by atoms with Gasteiger partial charge in [-0.2, -0.15) is 0 Å². The number of nitrogens with one attached hydrogen (secondary N) is 2. The fraction of sp³-hybridized carbons (Fsp3) is 0.240. The monoisotopic (exact) mass is 445 g/mol. The third-order valence-corrected chi connectivity index (χ3v) is 6.67. The summed E-state index contributed by atoms with van der Waals surface area (Å²) in [6.45, 7) is 4.91. The number of benzene rings is 2. The van der Waals surface area contributed by atoms with Gasteiger partial charge in [0.1, 0.15) is 0 Å². The molecule has 2 aromatic carbocycles. The summed E-state index contributed by atoms with van der Waals surface area (Å²) in [5.41, 5.74) is 4.59. The second kappa shape index (κ2) is 9.56. The minimum absolute atomic E-state index is 0.229. The molecule has 1 aliphatic heterocycles. The Morgan fingerprint density at radius 2 is 1.97 bits per heavy atom. The van der Waals surface area contributed by atoms with Crippen LogP contribution in [0, 0.1) is 0 Å². The Morgan fingerprint density at radius 1 is 1.06 bits per heavy atom. The number of aromatic amines is 1. The number of thiazole rings is 1. The van der Waals surface area contributed by atoms with E-state index in [0.717, 1.165) is 53.9 Å². The molecule has 0 amide bonds. The zero-order valence-corrected chi connectivity index (χ0v) is 18.7. The number of aromatic nitrogens is 2. The van der Waals surface area contributed by atoms with E-state index in [0.29, 0.717) is 0 Å². The molecular weight excluding hydrogens is 418 g/mol. The lowest BCUT2D eigenvalue weighted by Crippen LogP contribution is -2.47. The van der Waals surface area contributed by atoms with Crippen LogP contribution in [0.2, 0.25) is 0 Å². The van der Waals surface area contributed by atoms with Gasteiger partial charge in [0.15, 0.2) is 5.13 Å². The number of piperazine rings is 1. The molecular formula is C25H27N5OS. The Hall–Kier alpha value is -3.13. The van der Waals surface area contributed by atoms with Crippen LogP contribution in [-0.4, -0.2) is 59.3 Å². The maximum Gasteiger partial charge on any atom is 0.187 e. The van der Waals surface area contributed by atoms with Crippen molar-refractivity contribution < 1.29 is 5.11 Å². The van der Waals surface area contributed by atoms with Gasteiger partial charge >= 0.3 is 0 Å². The van der Waals surface area contributed by atoms with Crippen molar-refractivity contribution in [3.8, 4) is 0 Å². The van der Waals surface area contributed by atoms with Crippen LogP contribution in [0.5, 0.6) is 0 Å². The first-order chi connectivity index (χ1) is 15.8. The van der Waals surface area contributed by atoms with E-state index in [-0.39, 0.29) is 6.61 Å². The second-order valence-electron chi connectivity index (χ2n) is 7.95. The van der Waals surface area contributed by atoms with E-state index in [9.17, 15) is 0 Å². The Kier molecular flexibility index (Phi) is 6.20. The Balaban J connectivity index is 1.22. The van der Waals surface area contributed by atoms with Gasteiger partial charge in [0, 0.05) is 66.9 Å². The lowest BCUT2D eigenvalue weighted by atomic mass is 10.1. The normalized spacial score (nSPS) is 15.1. The molecule has 2 aromatic heterocycles. The first-order valence-corrected chi connectivity index (χ1v) is 11.7. The van der Waals surface area contributed by atoms with E-state index in [4.69, 9.17) is 5.11 Å². The zero-order valence-electron chi connectivity index (χ0n) is 17.9. The average Bonchev–Trinajstić information content (AvgIpc) is 3.47. The van der Waals surface area contributed by atoms with Crippen molar-refractivity contribution in [2.24, 2.45) is 0 Å². The van der Waals surface area contributed by atoms with Gasteiger partial charge in [-0.05, 0) is 53.4 Å². The van der Waals surface area contributed by atoms with Crippen LogP contribution < -0.4 is 10.2 Å². The van der Waals surface area contributed by atoms with Gasteiger partial charge in [-0.3, -0.25) is 4.90 Å². The van der Waals surface area contributed by atoms with Crippen LogP contribution in [0.25, 0.3) is 23.1 Å². The smallest absolute Gasteiger partial charge is 0.187 e. The van der Waals surface area contributed by atoms with Gasteiger partial charge in [-0.1, -0.05) is 29.5 Å². The summed E-state index contributed by atoms with van der Waals surface area (Å²) < 4.78 is 0. The fourth-order valence-corrected chi connectivity index (χ4v) is 4.79. The molecule has 1 fully saturated rings. The molecule has 4 aromatic rings. The van der Waals surface area contributed by atoms with Crippen molar-refractivity contribution in [3.05, 3.63) is 71.4 Å². The van der Waals surface area contributed by atoms with E-state index < -0.39 is 0 Å². The van der Waals surface area contributed by atoms with Crippen molar-refractivity contribution in [1.29, 1.82) is 0 Å². The van der Waals surface area contributed by atoms with Crippen LogP contribution in [0.15, 0.2) is 60.9 Å². The van der Waals surface area contributed by atoms with Gasteiger partial charge in [0.05, 0.1) is 6.61 Å². The first kappa shape index (κ1) is 20.8. The van der Waals surface area contributed by atoms with Gasteiger partial charge < -0.3 is 20.3 Å². The SMILES string of the molecule is OCCN1CCN(c2cccc(Nc3ncc(C=Cc4ccc5[nH]ccc5c4)s3)c2)CC1. The molecule has 0 bridgehead atoms. The maximum absolute atomic E-state index is 9.13. The zero-order chi connectivity index (χ0) is 21.8. The molecule has 7 heteroatoms. The summed E-state index contributed by atoms with van der Waals surface area (Å²) in [5.74, 6) is 0. The Morgan fingerprint density at radius 3 is 2.84 bits per heavy atom. The maximum atomic E-state index is 9.13. The van der Waals surface area contributed by atoms with Gasteiger partial charge in [-0.25, -0.2) is 4.98 Å². The molecule has 32 heavy (non-hydrogen) atoms.